The van der Waals surface area contributed by atoms with Gasteiger partial charge in [-0.1, -0.05) is 40.9 Å². The Kier molecular flexibility index (Phi) is 8.68. The minimum atomic E-state index is -0.829. The molecule has 0 bridgehead atoms. The number of nitrogens with one attached hydrogen (secondary N) is 3. The van der Waals surface area contributed by atoms with Crippen LogP contribution in [0.1, 0.15) is 38.2 Å². The molecule has 0 unspecified atom stereocenters. The molecule has 1 aromatic rings. The van der Waals surface area contributed by atoms with Crippen molar-refractivity contribution in [2.75, 3.05) is 6.54 Å². The van der Waals surface area contributed by atoms with E-state index >= 15 is 0 Å². The van der Waals surface area contributed by atoms with E-state index in [1.54, 1.807) is 0 Å². The highest BCUT2D eigenvalue weighted by Crippen LogP contribution is 2.30. The number of urea groups is 1. The Hall–Kier alpha value is -1.31. The summed E-state index contributed by atoms with van der Waals surface area (Å²) in [6.45, 7) is 2.63. The zero-order valence-electron chi connectivity index (χ0n) is 14.3. The van der Waals surface area contributed by atoms with Crippen LogP contribution in [0.5, 0.6) is 0 Å². The average molecular weight is 434 g/mol. The molecule has 0 heterocycles. The van der Waals surface area contributed by atoms with E-state index in [9.17, 15) is 9.59 Å². The molecule has 1 atom stereocenters. The van der Waals surface area contributed by atoms with Crippen LogP contribution in [0.15, 0.2) is 28.7 Å². The SMILES string of the molecule is C[C@@H](CN)NC(=O)C1(NC(=O)NCc2cccc(Br)c2)CCCC1.Cl. The third kappa shape index (κ3) is 6.17. The maximum Gasteiger partial charge on any atom is 0.315 e. The largest absolute Gasteiger partial charge is 0.350 e. The Morgan fingerprint density at radius 3 is 2.60 bits per heavy atom. The summed E-state index contributed by atoms with van der Waals surface area (Å²) in [5, 5.41) is 8.60. The van der Waals surface area contributed by atoms with Crippen LogP contribution in [0.3, 0.4) is 0 Å². The van der Waals surface area contributed by atoms with Crippen LogP contribution in [0.2, 0.25) is 0 Å². The maximum absolute atomic E-state index is 12.6. The van der Waals surface area contributed by atoms with Crippen LogP contribution in [-0.4, -0.2) is 30.1 Å². The van der Waals surface area contributed by atoms with E-state index in [1.165, 1.54) is 0 Å². The minimum absolute atomic E-state index is 0. The molecule has 2 rings (SSSR count). The van der Waals surface area contributed by atoms with E-state index in [-0.39, 0.29) is 30.4 Å². The first kappa shape index (κ1) is 21.7. The molecule has 1 fully saturated rings. The normalized spacial score (nSPS) is 16.4. The zero-order chi connectivity index (χ0) is 17.6. The molecule has 0 radical (unpaired) electrons. The summed E-state index contributed by atoms with van der Waals surface area (Å²) in [5.74, 6) is -0.143. The van der Waals surface area contributed by atoms with Gasteiger partial charge >= 0.3 is 6.03 Å². The van der Waals surface area contributed by atoms with Crippen LogP contribution in [0.4, 0.5) is 4.79 Å². The highest BCUT2D eigenvalue weighted by Gasteiger charge is 2.42. The molecule has 6 nitrogen and oxygen atoms in total. The minimum Gasteiger partial charge on any atom is -0.350 e. The second kappa shape index (κ2) is 9.99. The summed E-state index contributed by atoms with van der Waals surface area (Å²) in [6, 6.07) is 7.29. The van der Waals surface area contributed by atoms with Gasteiger partial charge in [0.1, 0.15) is 5.54 Å². The Morgan fingerprint density at radius 1 is 1.32 bits per heavy atom. The molecule has 0 saturated heterocycles. The quantitative estimate of drug-likeness (QED) is 0.555. The highest BCUT2D eigenvalue weighted by atomic mass is 79.9. The molecule has 5 N–H and O–H groups in total. The fourth-order valence-corrected chi connectivity index (χ4v) is 3.35. The lowest BCUT2D eigenvalue weighted by Gasteiger charge is -2.30. The van der Waals surface area contributed by atoms with Crippen LogP contribution in [0, 0.1) is 0 Å². The number of carbonyl (C=O) groups excluding carboxylic acids is 2. The Balaban J connectivity index is 0.00000312. The summed E-state index contributed by atoms with van der Waals surface area (Å²) in [5.41, 5.74) is 5.73. The van der Waals surface area contributed by atoms with Gasteiger partial charge in [-0.2, -0.15) is 0 Å². The van der Waals surface area contributed by atoms with Crippen molar-refractivity contribution in [1.29, 1.82) is 0 Å². The first-order valence-corrected chi connectivity index (χ1v) is 9.06. The van der Waals surface area contributed by atoms with Gasteiger partial charge in [0.25, 0.3) is 0 Å². The first-order valence-electron chi connectivity index (χ1n) is 8.27. The number of halogens is 2. The van der Waals surface area contributed by atoms with Crippen molar-refractivity contribution < 1.29 is 9.59 Å². The fourth-order valence-electron chi connectivity index (χ4n) is 2.90. The number of carbonyl (C=O) groups is 2. The molecule has 25 heavy (non-hydrogen) atoms. The Labute approximate surface area is 163 Å². The lowest BCUT2D eigenvalue weighted by molar-refractivity contribution is -0.127. The molecular formula is C17H26BrClN4O2. The van der Waals surface area contributed by atoms with Crippen molar-refractivity contribution in [2.45, 2.75) is 50.7 Å². The third-order valence-corrected chi connectivity index (χ3v) is 4.81. The predicted molar refractivity (Wildman–Crippen MR) is 105 cm³/mol. The van der Waals surface area contributed by atoms with Crippen molar-refractivity contribution in [2.24, 2.45) is 5.73 Å². The van der Waals surface area contributed by atoms with Gasteiger partial charge in [0.2, 0.25) is 5.91 Å². The molecule has 0 aromatic heterocycles. The summed E-state index contributed by atoms with van der Waals surface area (Å²) >= 11 is 3.41. The number of benzene rings is 1. The Bertz CT molecular complexity index is 594. The summed E-state index contributed by atoms with van der Waals surface area (Å²) in [7, 11) is 0. The molecular weight excluding hydrogens is 408 g/mol. The van der Waals surface area contributed by atoms with Crippen molar-refractivity contribution in [3.05, 3.63) is 34.3 Å². The number of rotatable bonds is 6. The van der Waals surface area contributed by atoms with Gasteiger partial charge in [0, 0.05) is 23.6 Å². The molecule has 8 heteroatoms. The van der Waals surface area contributed by atoms with Crippen LogP contribution in [0.25, 0.3) is 0 Å². The lowest BCUT2D eigenvalue weighted by Crippen LogP contribution is -2.60. The standard InChI is InChI=1S/C17H25BrN4O2.ClH/c1-12(10-19)21-15(23)17(7-2-3-8-17)22-16(24)20-11-13-5-4-6-14(18)9-13;/h4-6,9,12H,2-3,7-8,10-11,19H2,1H3,(H,21,23)(H2,20,22,24);1H/t12-;/m0./s1. The zero-order valence-corrected chi connectivity index (χ0v) is 16.7. The summed E-state index contributed by atoms with van der Waals surface area (Å²) in [4.78, 5) is 24.9. The van der Waals surface area contributed by atoms with Crippen LogP contribution in [-0.2, 0) is 11.3 Å². The van der Waals surface area contributed by atoms with Crippen molar-refractivity contribution in [3.8, 4) is 0 Å². The second-order valence-corrected chi connectivity index (χ2v) is 7.25. The lowest BCUT2D eigenvalue weighted by atomic mass is 9.96. The van der Waals surface area contributed by atoms with Gasteiger partial charge < -0.3 is 21.7 Å². The van der Waals surface area contributed by atoms with Gasteiger partial charge in [0.05, 0.1) is 0 Å². The third-order valence-electron chi connectivity index (χ3n) is 4.32. The van der Waals surface area contributed by atoms with E-state index in [2.05, 4.69) is 31.9 Å². The van der Waals surface area contributed by atoms with Gasteiger partial charge in [-0.3, -0.25) is 4.79 Å². The van der Waals surface area contributed by atoms with E-state index in [1.807, 2.05) is 31.2 Å². The average Bonchev–Trinajstić information content (AvgIpc) is 3.02. The molecule has 1 saturated carbocycles. The van der Waals surface area contributed by atoms with Crippen molar-refractivity contribution in [1.82, 2.24) is 16.0 Å². The fraction of sp³-hybridized carbons (Fsp3) is 0.529. The topological polar surface area (TPSA) is 96.2 Å². The van der Waals surface area contributed by atoms with Gasteiger partial charge in [-0.25, -0.2) is 4.79 Å². The first-order chi connectivity index (χ1) is 11.4. The van der Waals surface area contributed by atoms with Crippen LogP contribution < -0.4 is 21.7 Å². The monoisotopic (exact) mass is 432 g/mol. The van der Waals surface area contributed by atoms with E-state index in [0.29, 0.717) is 25.9 Å². The maximum atomic E-state index is 12.6. The van der Waals surface area contributed by atoms with Crippen molar-refractivity contribution >= 4 is 40.3 Å². The summed E-state index contributed by atoms with van der Waals surface area (Å²) in [6.07, 6.45) is 3.16. The molecule has 1 aromatic carbocycles. The van der Waals surface area contributed by atoms with E-state index < -0.39 is 5.54 Å². The number of nitrogens with two attached hydrogens (primary N) is 1. The molecule has 3 amide bonds. The number of hydrogen-bond acceptors (Lipinski definition) is 3. The molecule has 140 valence electrons. The number of amides is 3. The Morgan fingerprint density at radius 2 is 2.00 bits per heavy atom. The van der Waals surface area contributed by atoms with E-state index in [0.717, 1.165) is 22.9 Å². The van der Waals surface area contributed by atoms with Gasteiger partial charge in [-0.05, 0) is 37.5 Å². The van der Waals surface area contributed by atoms with Crippen LogP contribution >= 0.6 is 28.3 Å². The smallest absolute Gasteiger partial charge is 0.315 e. The molecule has 0 spiro atoms. The second-order valence-electron chi connectivity index (χ2n) is 6.34. The summed E-state index contributed by atoms with van der Waals surface area (Å²) < 4.78 is 0.963. The van der Waals surface area contributed by atoms with Crippen molar-refractivity contribution in [3.63, 3.8) is 0 Å². The molecule has 0 aliphatic heterocycles. The highest BCUT2D eigenvalue weighted by molar-refractivity contribution is 9.10. The van der Waals surface area contributed by atoms with Gasteiger partial charge in [0.15, 0.2) is 0 Å². The predicted octanol–water partition coefficient (Wildman–Crippen LogP) is 2.45. The molecule has 1 aliphatic carbocycles. The number of hydrogen-bond donors (Lipinski definition) is 4. The molecule has 1 aliphatic rings. The van der Waals surface area contributed by atoms with E-state index in [4.69, 9.17) is 5.73 Å². The van der Waals surface area contributed by atoms with Gasteiger partial charge in [-0.15, -0.1) is 12.4 Å².